The maximum absolute atomic E-state index is 11.1. The van der Waals surface area contributed by atoms with E-state index in [1.165, 1.54) is 11.3 Å². The number of rotatable bonds is 3. The summed E-state index contributed by atoms with van der Waals surface area (Å²) >= 11 is 4.65. The van der Waals surface area contributed by atoms with Crippen molar-refractivity contribution in [2.24, 2.45) is 5.73 Å². The molecule has 0 bridgehead atoms. The first kappa shape index (κ1) is 12.2. The summed E-state index contributed by atoms with van der Waals surface area (Å²) < 4.78 is 0.946. The van der Waals surface area contributed by atoms with Crippen molar-refractivity contribution in [3.63, 3.8) is 0 Å². The number of nitrogens with two attached hydrogens (primary N) is 1. The Morgan fingerprint density at radius 2 is 2.06 bits per heavy atom. The van der Waals surface area contributed by atoms with Gasteiger partial charge in [-0.15, -0.1) is 11.3 Å². The summed E-state index contributed by atoms with van der Waals surface area (Å²) in [6.45, 7) is 0.251. The van der Waals surface area contributed by atoms with Crippen molar-refractivity contribution >= 4 is 33.2 Å². The van der Waals surface area contributed by atoms with Crippen LogP contribution in [0.15, 0.2) is 28.7 Å². The molecule has 0 aliphatic carbocycles. The molecule has 0 unspecified atom stereocenters. The molecule has 6 heteroatoms. The molecule has 0 atom stereocenters. The number of benzene rings is 1. The van der Waals surface area contributed by atoms with Gasteiger partial charge in [-0.2, -0.15) is 0 Å². The standard InChI is InChI=1S/C11H9BrN2O2S/c12-7-3-1-6(2-4-7)10-9(11(15)16)14-8(5-13)17-10/h1-4H,5,13H2,(H,15,16). The molecule has 0 amide bonds. The van der Waals surface area contributed by atoms with E-state index in [-0.39, 0.29) is 12.2 Å². The number of carbonyl (C=O) groups is 1. The van der Waals surface area contributed by atoms with Gasteiger partial charge in [0.05, 0.1) is 4.88 Å². The second-order valence-corrected chi connectivity index (χ2v) is 5.30. The highest BCUT2D eigenvalue weighted by Gasteiger charge is 2.17. The largest absolute Gasteiger partial charge is 0.476 e. The lowest BCUT2D eigenvalue weighted by Crippen LogP contribution is -2.01. The summed E-state index contributed by atoms with van der Waals surface area (Å²) in [5, 5.41) is 9.71. The Balaban J connectivity index is 2.53. The van der Waals surface area contributed by atoms with Crippen LogP contribution in [0.4, 0.5) is 0 Å². The van der Waals surface area contributed by atoms with Crippen LogP contribution in [-0.2, 0) is 6.54 Å². The van der Waals surface area contributed by atoms with Gasteiger partial charge in [-0.05, 0) is 17.7 Å². The van der Waals surface area contributed by atoms with Gasteiger partial charge in [-0.3, -0.25) is 0 Å². The molecule has 88 valence electrons. The van der Waals surface area contributed by atoms with E-state index < -0.39 is 5.97 Å². The van der Waals surface area contributed by atoms with E-state index in [4.69, 9.17) is 10.8 Å². The van der Waals surface area contributed by atoms with Crippen LogP contribution in [0.2, 0.25) is 0 Å². The monoisotopic (exact) mass is 312 g/mol. The average Bonchev–Trinajstić information content (AvgIpc) is 2.74. The number of nitrogens with zero attached hydrogens (tertiary/aromatic N) is 1. The van der Waals surface area contributed by atoms with Crippen molar-refractivity contribution in [3.8, 4) is 10.4 Å². The molecule has 17 heavy (non-hydrogen) atoms. The Bertz CT molecular complexity index is 551. The highest BCUT2D eigenvalue weighted by molar-refractivity contribution is 9.10. The van der Waals surface area contributed by atoms with Crippen LogP contribution >= 0.6 is 27.3 Å². The fourth-order valence-corrected chi connectivity index (χ4v) is 2.60. The van der Waals surface area contributed by atoms with Crippen molar-refractivity contribution in [2.75, 3.05) is 0 Å². The molecule has 0 saturated carbocycles. The Kier molecular flexibility index (Phi) is 3.56. The van der Waals surface area contributed by atoms with Crippen LogP contribution in [0.5, 0.6) is 0 Å². The van der Waals surface area contributed by atoms with E-state index in [1.54, 1.807) is 0 Å². The molecule has 0 aliphatic rings. The van der Waals surface area contributed by atoms with Crippen LogP contribution in [0.1, 0.15) is 15.5 Å². The van der Waals surface area contributed by atoms with Gasteiger partial charge in [0.15, 0.2) is 5.69 Å². The Morgan fingerprint density at radius 3 is 2.59 bits per heavy atom. The fraction of sp³-hybridized carbons (Fsp3) is 0.0909. The summed E-state index contributed by atoms with van der Waals surface area (Å²) in [6, 6.07) is 7.43. The van der Waals surface area contributed by atoms with Gasteiger partial charge in [-0.25, -0.2) is 9.78 Å². The lowest BCUT2D eigenvalue weighted by molar-refractivity contribution is 0.0692. The summed E-state index contributed by atoms with van der Waals surface area (Å²) in [7, 11) is 0. The van der Waals surface area contributed by atoms with Gasteiger partial charge in [0, 0.05) is 11.0 Å². The van der Waals surface area contributed by atoms with Gasteiger partial charge < -0.3 is 10.8 Å². The number of aromatic carboxylic acids is 1. The molecule has 1 heterocycles. The molecule has 1 aromatic heterocycles. The van der Waals surface area contributed by atoms with E-state index in [2.05, 4.69) is 20.9 Å². The van der Waals surface area contributed by atoms with Crippen molar-refractivity contribution in [1.82, 2.24) is 4.98 Å². The molecular formula is C11H9BrN2O2S. The second-order valence-electron chi connectivity index (χ2n) is 3.30. The second kappa shape index (κ2) is 4.95. The van der Waals surface area contributed by atoms with Crippen LogP contribution in [0.25, 0.3) is 10.4 Å². The summed E-state index contributed by atoms with van der Waals surface area (Å²) in [5.41, 5.74) is 6.39. The minimum Gasteiger partial charge on any atom is -0.476 e. The molecule has 3 N–H and O–H groups in total. The van der Waals surface area contributed by atoms with Crippen molar-refractivity contribution in [3.05, 3.63) is 39.4 Å². The Labute approximate surface area is 110 Å². The van der Waals surface area contributed by atoms with Gasteiger partial charge in [0.25, 0.3) is 0 Å². The number of hydrogen-bond acceptors (Lipinski definition) is 4. The smallest absolute Gasteiger partial charge is 0.356 e. The Hall–Kier alpha value is -1.24. The molecule has 0 fully saturated rings. The number of thiazole rings is 1. The number of hydrogen-bond donors (Lipinski definition) is 2. The van der Waals surface area contributed by atoms with Crippen molar-refractivity contribution in [2.45, 2.75) is 6.54 Å². The third kappa shape index (κ3) is 2.54. The molecule has 2 aromatic rings. The van der Waals surface area contributed by atoms with E-state index in [0.717, 1.165) is 10.0 Å². The third-order valence-corrected chi connectivity index (χ3v) is 3.81. The molecule has 4 nitrogen and oxygen atoms in total. The van der Waals surface area contributed by atoms with E-state index in [9.17, 15) is 4.79 Å². The summed E-state index contributed by atoms with van der Waals surface area (Å²) in [6.07, 6.45) is 0. The first-order chi connectivity index (χ1) is 8.11. The average molecular weight is 313 g/mol. The van der Waals surface area contributed by atoms with Crippen LogP contribution in [0.3, 0.4) is 0 Å². The van der Waals surface area contributed by atoms with E-state index in [1.807, 2.05) is 24.3 Å². The zero-order chi connectivity index (χ0) is 12.4. The van der Waals surface area contributed by atoms with Crippen LogP contribution < -0.4 is 5.73 Å². The van der Waals surface area contributed by atoms with Crippen molar-refractivity contribution in [1.29, 1.82) is 0 Å². The molecule has 2 rings (SSSR count). The summed E-state index contributed by atoms with van der Waals surface area (Å²) in [5.74, 6) is -1.03. The number of aromatic nitrogens is 1. The summed E-state index contributed by atoms with van der Waals surface area (Å²) in [4.78, 5) is 15.7. The molecule has 0 radical (unpaired) electrons. The van der Waals surface area contributed by atoms with Gasteiger partial charge in [0.2, 0.25) is 0 Å². The topological polar surface area (TPSA) is 76.2 Å². The van der Waals surface area contributed by atoms with Gasteiger partial charge in [0.1, 0.15) is 5.01 Å². The third-order valence-electron chi connectivity index (χ3n) is 2.16. The SMILES string of the molecule is NCc1nc(C(=O)O)c(-c2ccc(Br)cc2)s1. The molecule has 1 aromatic carbocycles. The fourth-order valence-electron chi connectivity index (χ4n) is 1.39. The number of carboxylic acids is 1. The first-order valence-corrected chi connectivity index (χ1v) is 6.41. The van der Waals surface area contributed by atoms with Gasteiger partial charge in [-0.1, -0.05) is 28.1 Å². The number of carboxylic acid groups (broad SMARTS) is 1. The normalized spacial score (nSPS) is 10.5. The highest BCUT2D eigenvalue weighted by atomic mass is 79.9. The minimum absolute atomic E-state index is 0.0674. The lowest BCUT2D eigenvalue weighted by atomic mass is 10.1. The molecule has 0 saturated heterocycles. The zero-order valence-corrected chi connectivity index (χ0v) is 11.1. The van der Waals surface area contributed by atoms with Gasteiger partial charge >= 0.3 is 5.97 Å². The van der Waals surface area contributed by atoms with Crippen molar-refractivity contribution < 1.29 is 9.90 Å². The molecule has 0 spiro atoms. The van der Waals surface area contributed by atoms with E-state index >= 15 is 0 Å². The van der Waals surface area contributed by atoms with Crippen LogP contribution in [0, 0.1) is 0 Å². The maximum Gasteiger partial charge on any atom is 0.356 e. The highest BCUT2D eigenvalue weighted by Crippen LogP contribution is 2.31. The first-order valence-electron chi connectivity index (χ1n) is 4.81. The number of halogens is 1. The quantitative estimate of drug-likeness (QED) is 0.913. The van der Waals surface area contributed by atoms with Crippen LogP contribution in [-0.4, -0.2) is 16.1 Å². The maximum atomic E-state index is 11.1. The van der Waals surface area contributed by atoms with E-state index in [0.29, 0.717) is 9.88 Å². The predicted octanol–water partition coefficient (Wildman–Crippen LogP) is 2.73. The molecular weight excluding hydrogens is 304 g/mol. The molecule has 0 aliphatic heterocycles. The lowest BCUT2D eigenvalue weighted by Gasteiger charge is -1.98. The predicted molar refractivity (Wildman–Crippen MR) is 70.1 cm³/mol. The Morgan fingerprint density at radius 1 is 1.41 bits per heavy atom. The minimum atomic E-state index is -1.03. The zero-order valence-electron chi connectivity index (χ0n) is 8.68.